The van der Waals surface area contributed by atoms with Gasteiger partial charge in [0.25, 0.3) is 0 Å². The third-order valence-electron chi connectivity index (χ3n) is 1.29. The molecule has 0 heterocycles. The fraction of sp³-hybridized carbons (Fsp3) is 0.556. The summed E-state index contributed by atoms with van der Waals surface area (Å²) in [5.41, 5.74) is 5.41. The topological polar surface area (TPSA) is 46.2 Å². The van der Waals surface area contributed by atoms with Gasteiger partial charge >= 0.3 is 0 Å². The van der Waals surface area contributed by atoms with Crippen LogP contribution >= 0.6 is 0 Å². The minimum Gasteiger partial charge on any atom is -0.394 e. The molecule has 11 heavy (non-hydrogen) atoms. The van der Waals surface area contributed by atoms with Crippen molar-refractivity contribution in [2.75, 3.05) is 6.61 Å². The zero-order valence-electron chi connectivity index (χ0n) is 6.66. The summed E-state index contributed by atoms with van der Waals surface area (Å²) in [5.74, 6) is 2.56. The monoisotopic (exact) mass is 153 g/mol. The van der Waals surface area contributed by atoms with Crippen molar-refractivity contribution in [2.45, 2.75) is 25.3 Å². The van der Waals surface area contributed by atoms with E-state index in [2.05, 4.69) is 5.92 Å². The van der Waals surface area contributed by atoms with E-state index in [9.17, 15) is 0 Å². The molecule has 0 aliphatic carbocycles. The first-order valence-electron chi connectivity index (χ1n) is 3.77. The van der Waals surface area contributed by atoms with Crippen molar-refractivity contribution in [1.29, 1.82) is 0 Å². The van der Waals surface area contributed by atoms with Crippen molar-refractivity contribution < 1.29 is 5.11 Å². The Hall–Kier alpha value is -0.780. The highest BCUT2D eigenvalue weighted by Gasteiger charge is 1.90. The van der Waals surface area contributed by atoms with E-state index in [1.165, 1.54) is 0 Å². The molecule has 1 atom stereocenters. The normalized spacial score (nSPS) is 13.2. The van der Waals surface area contributed by atoms with E-state index >= 15 is 0 Å². The summed E-state index contributed by atoms with van der Waals surface area (Å²) < 4.78 is 0. The van der Waals surface area contributed by atoms with Gasteiger partial charge in [0.15, 0.2) is 0 Å². The smallest absolute Gasteiger partial charge is 0.0618 e. The van der Waals surface area contributed by atoms with Crippen molar-refractivity contribution in [3.8, 4) is 12.3 Å². The van der Waals surface area contributed by atoms with Gasteiger partial charge in [-0.05, 0) is 12.8 Å². The lowest BCUT2D eigenvalue weighted by molar-refractivity contribution is 0.284. The van der Waals surface area contributed by atoms with Crippen LogP contribution in [0.5, 0.6) is 0 Å². The predicted octanol–water partition coefficient (Wildman–Crippen LogP) is 0.666. The Morgan fingerprint density at radius 2 is 2.36 bits per heavy atom. The molecule has 0 aromatic carbocycles. The van der Waals surface area contributed by atoms with Crippen LogP contribution in [-0.2, 0) is 0 Å². The Bertz CT molecular complexity index is 146. The summed E-state index contributed by atoms with van der Waals surface area (Å²) in [5, 5.41) is 8.53. The number of aliphatic hydroxyl groups is 1. The molecule has 0 rings (SSSR count). The van der Waals surface area contributed by atoms with Gasteiger partial charge in [0.05, 0.1) is 6.61 Å². The molecule has 0 spiro atoms. The van der Waals surface area contributed by atoms with Crippen molar-refractivity contribution in [1.82, 2.24) is 0 Å². The Morgan fingerprint density at radius 3 is 2.91 bits per heavy atom. The van der Waals surface area contributed by atoms with Crippen LogP contribution in [-0.4, -0.2) is 17.8 Å². The van der Waals surface area contributed by atoms with Gasteiger partial charge in [-0.2, -0.15) is 0 Å². The minimum absolute atomic E-state index is 0.00559. The maximum Gasteiger partial charge on any atom is 0.0618 e. The molecule has 3 N–H and O–H groups in total. The number of hydrogen-bond acceptors (Lipinski definition) is 2. The molecule has 0 radical (unpaired) electrons. The van der Waals surface area contributed by atoms with Crippen LogP contribution in [0, 0.1) is 12.3 Å². The molecule has 0 amide bonds. The Balaban J connectivity index is 3.23. The molecule has 0 aromatic heterocycles. The standard InChI is InChI=1S/C9H15NO/c1-2-3-4-5-6-7-9(10)8-11/h1,6-7,9,11H,3-5,8,10H2/b7-6-/t9-/m1/s1. The zero-order chi connectivity index (χ0) is 8.53. The summed E-state index contributed by atoms with van der Waals surface area (Å²) in [6, 6.07) is -0.221. The number of terminal acetylenes is 1. The van der Waals surface area contributed by atoms with Crippen LogP contribution in [0.25, 0.3) is 0 Å². The van der Waals surface area contributed by atoms with Crippen molar-refractivity contribution in [2.24, 2.45) is 5.73 Å². The van der Waals surface area contributed by atoms with Gasteiger partial charge < -0.3 is 10.8 Å². The number of aliphatic hydroxyl groups excluding tert-OH is 1. The van der Waals surface area contributed by atoms with Gasteiger partial charge in [-0.15, -0.1) is 12.3 Å². The Morgan fingerprint density at radius 1 is 1.64 bits per heavy atom. The average Bonchev–Trinajstić information content (AvgIpc) is 2.04. The second-order valence-corrected chi connectivity index (χ2v) is 2.37. The lowest BCUT2D eigenvalue weighted by Gasteiger charge is -1.98. The van der Waals surface area contributed by atoms with E-state index in [0.717, 1.165) is 19.3 Å². The molecule has 0 aliphatic heterocycles. The van der Waals surface area contributed by atoms with E-state index in [-0.39, 0.29) is 12.6 Å². The summed E-state index contributed by atoms with van der Waals surface area (Å²) in [6.45, 7) is 0.00559. The number of nitrogens with two attached hydrogens (primary N) is 1. The molecule has 0 aliphatic rings. The van der Waals surface area contributed by atoms with Crippen molar-refractivity contribution in [3.05, 3.63) is 12.2 Å². The van der Waals surface area contributed by atoms with Gasteiger partial charge in [0.2, 0.25) is 0 Å². The van der Waals surface area contributed by atoms with Gasteiger partial charge in [-0.3, -0.25) is 0 Å². The quantitative estimate of drug-likeness (QED) is 0.346. The second kappa shape index (κ2) is 7.33. The maximum atomic E-state index is 8.53. The number of rotatable bonds is 5. The van der Waals surface area contributed by atoms with Gasteiger partial charge in [-0.25, -0.2) is 0 Å². The molecule has 62 valence electrons. The SMILES string of the molecule is C#CCCC/C=C\[C@@H](N)CO. The first kappa shape index (κ1) is 10.2. The van der Waals surface area contributed by atoms with E-state index in [1.807, 2.05) is 6.08 Å². The highest BCUT2D eigenvalue weighted by molar-refractivity contribution is 4.92. The highest BCUT2D eigenvalue weighted by Crippen LogP contribution is 1.95. The van der Waals surface area contributed by atoms with Crippen molar-refractivity contribution >= 4 is 0 Å². The van der Waals surface area contributed by atoms with Gasteiger partial charge in [0, 0.05) is 12.5 Å². The first-order chi connectivity index (χ1) is 5.31. The molecular formula is C9H15NO. The second-order valence-electron chi connectivity index (χ2n) is 2.37. The third-order valence-corrected chi connectivity index (χ3v) is 1.29. The van der Waals surface area contributed by atoms with Gasteiger partial charge in [0.1, 0.15) is 0 Å². The van der Waals surface area contributed by atoms with Crippen LogP contribution in [0.2, 0.25) is 0 Å². The first-order valence-corrected chi connectivity index (χ1v) is 3.77. The van der Waals surface area contributed by atoms with Crippen LogP contribution in [0.3, 0.4) is 0 Å². The Labute approximate surface area is 68.1 Å². The largest absolute Gasteiger partial charge is 0.394 e. The van der Waals surface area contributed by atoms with Crippen LogP contribution in [0.1, 0.15) is 19.3 Å². The van der Waals surface area contributed by atoms with Crippen LogP contribution in [0.15, 0.2) is 12.2 Å². The van der Waals surface area contributed by atoms with E-state index in [0.29, 0.717) is 0 Å². The fourth-order valence-corrected chi connectivity index (χ4v) is 0.654. The number of unbranched alkanes of at least 4 members (excludes halogenated alkanes) is 2. The molecule has 0 aromatic rings. The average molecular weight is 153 g/mol. The summed E-state index contributed by atoms with van der Waals surface area (Å²) >= 11 is 0. The summed E-state index contributed by atoms with van der Waals surface area (Å²) in [6.07, 6.45) is 11.6. The minimum atomic E-state index is -0.221. The lowest BCUT2D eigenvalue weighted by Crippen LogP contribution is -2.20. The van der Waals surface area contributed by atoms with E-state index < -0.39 is 0 Å². The lowest BCUT2D eigenvalue weighted by atomic mass is 10.2. The van der Waals surface area contributed by atoms with Gasteiger partial charge in [-0.1, -0.05) is 12.2 Å². The zero-order valence-corrected chi connectivity index (χ0v) is 6.66. The molecular weight excluding hydrogens is 138 g/mol. The predicted molar refractivity (Wildman–Crippen MR) is 46.9 cm³/mol. The Kier molecular flexibility index (Phi) is 6.81. The molecule has 2 heteroatoms. The molecule has 0 saturated heterocycles. The molecule has 0 saturated carbocycles. The van der Waals surface area contributed by atoms with Crippen LogP contribution < -0.4 is 5.73 Å². The highest BCUT2D eigenvalue weighted by atomic mass is 16.3. The fourth-order valence-electron chi connectivity index (χ4n) is 0.654. The summed E-state index contributed by atoms with van der Waals surface area (Å²) in [7, 11) is 0. The summed E-state index contributed by atoms with van der Waals surface area (Å²) in [4.78, 5) is 0. The molecule has 0 bridgehead atoms. The van der Waals surface area contributed by atoms with Crippen LogP contribution in [0.4, 0.5) is 0 Å². The van der Waals surface area contributed by atoms with Crippen molar-refractivity contribution in [3.63, 3.8) is 0 Å². The number of hydrogen-bond donors (Lipinski definition) is 2. The van der Waals surface area contributed by atoms with E-state index in [4.69, 9.17) is 17.3 Å². The maximum absolute atomic E-state index is 8.53. The third kappa shape index (κ3) is 7.11. The molecule has 2 nitrogen and oxygen atoms in total. The number of allylic oxidation sites excluding steroid dienone is 1. The molecule has 0 fully saturated rings. The van der Waals surface area contributed by atoms with E-state index in [1.54, 1.807) is 6.08 Å². The molecule has 0 unspecified atom stereocenters.